The smallest absolute Gasteiger partial charge is 0.133 e. The molecule has 0 heterocycles. The van der Waals surface area contributed by atoms with Gasteiger partial charge in [0.1, 0.15) is 11.5 Å². The fraction of sp³-hybridized carbons (Fsp3) is 0.167. The second-order valence-electron chi connectivity index (χ2n) is 3.32. The molecule has 0 aromatic heterocycles. The van der Waals surface area contributed by atoms with Crippen molar-refractivity contribution >= 4 is 42.6 Å². The first-order valence-corrected chi connectivity index (χ1v) is 6.25. The molecular weight excluding hydrogens is 336 g/mol. The van der Waals surface area contributed by atoms with E-state index in [1.54, 1.807) is 14.2 Å². The molecule has 0 unspecified atom stereocenters. The monoisotopic (exact) mass is 344 g/mol. The maximum absolute atomic E-state index is 5.26. The maximum atomic E-state index is 5.26. The lowest BCUT2D eigenvalue weighted by molar-refractivity contribution is 0.411. The number of methoxy groups -OCH3 is 2. The lowest BCUT2D eigenvalue weighted by atomic mass is 10.1. The van der Waals surface area contributed by atoms with Gasteiger partial charge < -0.3 is 9.47 Å². The third-order valence-corrected chi connectivity index (χ3v) is 3.62. The van der Waals surface area contributed by atoms with Gasteiger partial charge in [-0.25, -0.2) is 0 Å². The summed E-state index contributed by atoms with van der Waals surface area (Å²) in [6, 6.07) is 8.01. The molecule has 0 saturated carbocycles. The summed E-state index contributed by atoms with van der Waals surface area (Å²) in [5.74, 6) is 1.65. The fourth-order valence-corrected chi connectivity index (χ4v) is 2.61. The van der Waals surface area contributed by atoms with Crippen LogP contribution in [0.2, 0.25) is 0 Å². The van der Waals surface area contributed by atoms with Gasteiger partial charge in [-0.3, -0.25) is 0 Å². The van der Waals surface area contributed by atoms with Crippen molar-refractivity contribution in [3.8, 4) is 11.5 Å². The van der Waals surface area contributed by atoms with Crippen LogP contribution >= 0.6 is 31.9 Å². The molecule has 0 aliphatic heterocycles. The third-order valence-electron chi connectivity index (χ3n) is 2.38. The summed E-state index contributed by atoms with van der Waals surface area (Å²) in [4.78, 5) is 0. The Labute approximate surface area is 111 Å². The molecule has 2 aromatic rings. The quantitative estimate of drug-likeness (QED) is 0.804. The van der Waals surface area contributed by atoms with Gasteiger partial charge in [-0.15, -0.1) is 0 Å². The second kappa shape index (κ2) is 4.63. The summed E-state index contributed by atoms with van der Waals surface area (Å²) < 4.78 is 12.4. The molecule has 2 nitrogen and oxygen atoms in total. The van der Waals surface area contributed by atoms with Gasteiger partial charge in [0.15, 0.2) is 0 Å². The van der Waals surface area contributed by atoms with Gasteiger partial charge >= 0.3 is 0 Å². The number of fused-ring (bicyclic) bond motifs is 1. The molecule has 0 radical (unpaired) electrons. The van der Waals surface area contributed by atoms with Crippen LogP contribution in [0.4, 0.5) is 0 Å². The summed E-state index contributed by atoms with van der Waals surface area (Å²) in [5.41, 5.74) is 0. The minimum absolute atomic E-state index is 0.824. The summed E-state index contributed by atoms with van der Waals surface area (Å²) in [5, 5.41) is 2.21. The molecule has 0 amide bonds. The van der Waals surface area contributed by atoms with E-state index in [2.05, 4.69) is 31.9 Å². The normalized spacial score (nSPS) is 10.5. The molecular formula is C12H10Br2O2. The van der Waals surface area contributed by atoms with E-state index in [4.69, 9.17) is 9.47 Å². The van der Waals surface area contributed by atoms with Gasteiger partial charge in [0.25, 0.3) is 0 Å². The SMILES string of the molecule is COc1cc2cc(Br)c(OC)cc2cc1Br. The van der Waals surface area contributed by atoms with Crippen molar-refractivity contribution < 1.29 is 9.47 Å². The van der Waals surface area contributed by atoms with Crippen LogP contribution in [0.1, 0.15) is 0 Å². The van der Waals surface area contributed by atoms with Crippen LogP contribution in [0.3, 0.4) is 0 Å². The molecule has 4 heteroatoms. The Morgan fingerprint density at radius 3 is 1.44 bits per heavy atom. The zero-order valence-corrected chi connectivity index (χ0v) is 12.1. The maximum Gasteiger partial charge on any atom is 0.133 e. The van der Waals surface area contributed by atoms with Gasteiger partial charge in [-0.1, -0.05) is 0 Å². The summed E-state index contributed by atoms with van der Waals surface area (Å²) >= 11 is 6.93. The Balaban J connectivity index is 2.71. The van der Waals surface area contributed by atoms with E-state index in [-0.39, 0.29) is 0 Å². The zero-order valence-electron chi connectivity index (χ0n) is 8.88. The van der Waals surface area contributed by atoms with Crippen LogP contribution < -0.4 is 9.47 Å². The fourth-order valence-electron chi connectivity index (χ4n) is 1.57. The Morgan fingerprint density at radius 1 is 0.750 bits per heavy atom. The molecule has 0 aliphatic carbocycles. The minimum Gasteiger partial charge on any atom is -0.496 e. The average molecular weight is 346 g/mol. The highest BCUT2D eigenvalue weighted by molar-refractivity contribution is 9.11. The van der Waals surface area contributed by atoms with E-state index in [9.17, 15) is 0 Å². The number of ether oxygens (including phenoxy) is 2. The van der Waals surface area contributed by atoms with Crippen molar-refractivity contribution in [2.45, 2.75) is 0 Å². The highest BCUT2D eigenvalue weighted by Crippen LogP contribution is 2.35. The Kier molecular flexibility index (Phi) is 3.40. The van der Waals surface area contributed by atoms with Crippen molar-refractivity contribution in [2.24, 2.45) is 0 Å². The van der Waals surface area contributed by atoms with Gasteiger partial charge in [-0.05, 0) is 66.9 Å². The van der Waals surface area contributed by atoms with E-state index in [1.165, 1.54) is 0 Å². The van der Waals surface area contributed by atoms with Crippen LogP contribution in [-0.4, -0.2) is 14.2 Å². The topological polar surface area (TPSA) is 18.5 Å². The van der Waals surface area contributed by atoms with Crippen LogP contribution in [0.25, 0.3) is 10.8 Å². The number of hydrogen-bond donors (Lipinski definition) is 0. The lowest BCUT2D eigenvalue weighted by Crippen LogP contribution is -1.87. The number of benzene rings is 2. The van der Waals surface area contributed by atoms with E-state index in [0.29, 0.717) is 0 Å². The van der Waals surface area contributed by atoms with Crippen LogP contribution in [0.5, 0.6) is 11.5 Å². The summed E-state index contributed by atoms with van der Waals surface area (Å²) in [6.07, 6.45) is 0. The van der Waals surface area contributed by atoms with Crippen molar-refractivity contribution in [2.75, 3.05) is 14.2 Å². The largest absolute Gasteiger partial charge is 0.496 e. The van der Waals surface area contributed by atoms with Crippen molar-refractivity contribution in [1.82, 2.24) is 0 Å². The first-order chi connectivity index (χ1) is 7.65. The predicted octanol–water partition coefficient (Wildman–Crippen LogP) is 4.38. The Morgan fingerprint density at radius 2 is 1.12 bits per heavy atom. The molecule has 0 spiro atoms. The third kappa shape index (κ3) is 2.04. The van der Waals surface area contributed by atoms with E-state index < -0.39 is 0 Å². The standard InChI is InChI=1S/C12H10Br2O2/c1-15-11-5-7-4-10(14)12(16-2)6-8(7)3-9(11)13/h3-6H,1-2H3. The highest BCUT2D eigenvalue weighted by Gasteiger charge is 2.07. The molecule has 84 valence electrons. The molecule has 2 aromatic carbocycles. The molecule has 0 N–H and O–H groups in total. The molecule has 0 bridgehead atoms. The molecule has 0 saturated heterocycles. The summed E-state index contributed by atoms with van der Waals surface area (Å²) in [7, 11) is 3.31. The molecule has 0 atom stereocenters. The van der Waals surface area contributed by atoms with E-state index in [0.717, 1.165) is 31.2 Å². The Bertz CT molecular complexity index is 489. The number of hydrogen-bond acceptors (Lipinski definition) is 2. The van der Waals surface area contributed by atoms with E-state index >= 15 is 0 Å². The Hall–Kier alpha value is -0.740. The molecule has 2 rings (SSSR count). The van der Waals surface area contributed by atoms with Crippen LogP contribution in [-0.2, 0) is 0 Å². The van der Waals surface area contributed by atoms with E-state index in [1.807, 2.05) is 24.3 Å². The first-order valence-electron chi connectivity index (χ1n) is 4.66. The summed E-state index contributed by atoms with van der Waals surface area (Å²) in [6.45, 7) is 0. The molecule has 16 heavy (non-hydrogen) atoms. The van der Waals surface area contributed by atoms with Crippen LogP contribution in [0.15, 0.2) is 33.2 Å². The van der Waals surface area contributed by atoms with Crippen LogP contribution in [0, 0.1) is 0 Å². The minimum atomic E-state index is 0.824. The van der Waals surface area contributed by atoms with Gasteiger partial charge in [-0.2, -0.15) is 0 Å². The number of halogens is 2. The zero-order chi connectivity index (χ0) is 11.7. The molecule has 0 aliphatic rings. The van der Waals surface area contributed by atoms with Crippen molar-refractivity contribution in [3.63, 3.8) is 0 Å². The molecule has 0 fully saturated rings. The van der Waals surface area contributed by atoms with Gasteiger partial charge in [0, 0.05) is 0 Å². The first kappa shape index (κ1) is 11.7. The van der Waals surface area contributed by atoms with Crippen molar-refractivity contribution in [3.05, 3.63) is 33.2 Å². The average Bonchev–Trinajstić information content (AvgIpc) is 2.28. The lowest BCUT2D eigenvalue weighted by Gasteiger charge is -2.08. The van der Waals surface area contributed by atoms with Gasteiger partial charge in [0.2, 0.25) is 0 Å². The van der Waals surface area contributed by atoms with Gasteiger partial charge in [0.05, 0.1) is 23.2 Å². The highest BCUT2D eigenvalue weighted by atomic mass is 79.9. The second-order valence-corrected chi connectivity index (χ2v) is 5.03. The van der Waals surface area contributed by atoms with Crippen molar-refractivity contribution in [1.29, 1.82) is 0 Å². The number of rotatable bonds is 2. The predicted molar refractivity (Wildman–Crippen MR) is 72.5 cm³/mol.